The molecule has 6 nitrogen and oxygen atoms in total. The van der Waals surface area contributed by atoms with Crippen LogP contribution in [-0.4, -0.2) is 16.8 Å². The van der Waals surface area contributed by atoms with Gasteiger partial charge in [-0.05, 0) is 90.0 Å². The van der Waals surface area contributed by atoms with Gasteiger partial charge in [0, 0.05) is 0 Å². The first-order valence-electron chi connectivity index (χ1n) is 11.1. The SMILES string of the molecule is Cc1ccccc1NS(=O)(=O)c1ccc2c(c1)Cc1cc(S(=O)(=O)Nc3ccccc3C)ccc1-2. The molecule has 0 saturated heterocycles. The molecule has 1 aliphatic rings. The Morgan fingerprint density at radius 3 is 1.37 bits per heavy atom. The molecule has 0 saturated carbocycles. The van der Waals surface area contributed by atoms with Gasteiger partial charge in [-0.25, -0.2) is 16.8 Å². The van der Waals surface area contributed by atoms with E-state index < -0.39 is 20.0 Å². The lowest BCUT2D eigenvalue weighted by atomic mass is 10.1. The van der Waals surface area contributed by atoms with Crippen LogP contribution in [0.3, 0.4) is 0 Å². The van der Waals surface area contributed by atoms with Crippen molar-refractivity contribution in [3.63, 3.8) is 0 Å². The summed E-state index contributed by atoms with van der Waals surface area (Å²) in [5.74, 6) is 0. The van der Waals surface area contributed by atoms with E-state index in [9.17, 15) is 16.8 Å². The molecule has 0 radical (unpaired) electrons. The molecule has 8 heteroatoms. The predicted molar refractivity (Wildman–Crippen MR) is 139 cm³/mol. The molecule has 5 rings (SSSR count). The van der Waals surface area contributed by atoms with Crippen molar-refractivity contribution in [3.05, 3.63) is 107 Å². The van der Waals surface area contributed by atoms with Gasteiger partial charge in [-0.3, -0.25) is 9.44 Å². The highest BCUT2D eigenvalue weighted by atomic mass is 32.2. The molecule has 0 unspecified atom stereocenters. The van der Waals surface area contributed by atoms with Crippen LogP contribution < -0.4 is 9.44 Å². The van der Waals surface area contributed by atoms with Crippen molar-refractivity contribution >= 4 is 31.4 Å². The van der Waals surface area contributed by atoms with Crippen LogP contribution in [0.25, 0.3) is 11.1 Å². The minimum atomic E-state index is -3.77. The Hall–Kier alpha value is -3.62. The van der Waals surface area contributed by atoms with Gasteiger partial charge in [0.05, 0.1) is 21.2 Å². The van der Waals surface area contributed by atoms with Gasteiger partial charge in [0.25, 0.3) is 20.0 Å². The summed E-state index contributed by atoms with van der Waals surface area (Å²) in [4.78, 5) is 0.336. The lowest BCUT2D eigenvalue weighted by Crippen LogP contribution is -2.14. The first-order valence-corrected chi connectivity index (χ1v) is 14.0. The van der Waals surface area contributed by atoms with Crippen molar-refractivity contribution in [2.24, 2.45) is 0 Å². The summed E-state index contributed by atoms with van der Waals surface area (Å²) in [7, 11) is -7.54. The van der Waals surface area contributed by atoms with Crippen LogP contribution in [0.5, 0.6) is 0 Å². The lowest BCUT2D eigenvalue weighted by Gasteiger charge is -2.12. The van der Waals surface area contributed by atoms with Crippen molar-refractivity contribution in [3.8, 4) is 11.1 Å². The van der Waals surface area contributed by atoms with Crippen molar-refractivity contribution in [2.45, 2.75) is 30.1 Å². The zero-order chi connectivity index (χ0) is 24.8. The second-order valence-electron chi connectivity index (χ2n) is 8.66. The highest BCUT2D eigenvalue weighted by molar-refractivity contribution is 7.93. The highest BCUT2D eigenvalue weighted by Gasteiger charge is 2.25. The molecule has 0 heterocycles. The third-order valence-corrected chi connectivity index (χ3v) is 8.95. The van der Waals surface area contributed by atoms with E-state index >= 15 is 0 Å². The van der Waals surface area contributed by atoms with Crippen molar-refractivity contribution in [1.29, 1.82) is 0 Å². The van der Waals surface area contributed by atoms with Gasteiger partial charge in [0.1, 0.15) is 0 Å². The number of anilines is 2. The first-order chi connectivity index (χ1) is 16.6. The Morgan fingerprint density at radius 1 is 0.571 bits per heavy atom. The van der Waals surface area contributed by atoms with Crippen LogP contribution in [0.4, 0.5) is 11.4 Å². The Bertz CT molecular complexity index is 1550. The Morgan fingerprint density at radius 2 is 0.971 bits per heavy atom. The monoisotopic (exact) mass is 504 g/mol. The van der Waals surface area contributed by atoms with Crippen LogP contribution in [0.15, 0.2) is 94.7 Å². The van der Waals surface area contributed by atoms with E-state index in [4.69, 9.17) is 0 Å². The standard InChI is InChI=1S/C27H24N2O4S2/c1-18-7-3-5-9-26(18)28-34(30,31)22-11-13-24-20(16-22)15-21-17-23(12-14-25(21)24)35(32,33)29-27-10-6-4-8-19(27)2/h3-14,16-17,28-29H,15H2,1-2H3. The highest BCUT2D eigenvalue weighted by Crippen LogP contribution is 2.39. The molecular formula is C27H24N2O4S2. The van der Waals surface area contributed by atoms with Gasteiger partial charge in [0.15, 0.2) is 0 Å². The van der Waals surface area contributed by atoms with Crippen LogP contribution in [0.2, 0.25) is 0 Å². The van der Waals surface area contributed by atoms with E-state index in [1.165, 1.54) is 0 Å². The number of hydrogen-bond acceptors (Lipinski definition) is 4. The lowest BCUT2D eigenvalue weighted by molar-refractivity contribution is 0.599. The maximum Gasteiger partial charge on any atom is 0.261 e. The number of para-hydroxylation sites is 2. The van der Waals surface area contributed by atoms with Crippen LogP contribution in [0.1, 0.15) is 22.3 Å². The van der Waals surface area contributed by atoms with Crippen molar-refractivity contribution < 1.29 is 16.8 Å². The summed E-state index contributed by atoms with van der Waals surface area (Å²) in [6.07, 6.45) is 0.451. The second-order valence-corrected chi connectivity index (χ2v) is 12.0. The molecule has 2 N–H and O–H groups in total. The molecule has 35 heavy (non-hydrogen) atoms. The number of nitrogens with one attached hydrogen (secondary N) is 2. The van der Waals surface area contributed by atoms with Crippen LogP contribution >= 0.6 is 0 Å². The zero-order valence-corrected chi connectivity index (χ0v) is 20.9. The molecular weight excluding hydrogens is 480 g/mol. The number of sulfonamides is 2. The van der Waals surface area contributed by atoms with Crippen LogP contribution in [-0.2, 0) is 26.5 Å². The molecule has 0 fully saturated rings. The third kappa shape index (κ3) is 4.42. The maximum atomic E-state index is 13.0. The average molecular weight is 505 g/mol. The van der Waals surface area contributed by atoms with Crippen LogP contribution in [0, 0.1) is 13.8 Å². The molecule has 0 aromatic heterocycles. The zero-order valence-electron chi connectivity index (χ0n) is 19.2. The number of aryl methyl sites for hydroxylation is 2. The van der Waals surface area contributed by atoms with Crippen molar-refractivity contribution in [2.75, 3.05) is 9.44 Å². The largest absolute Gasteiger partial charge is 0.279 e. The Balaban J connectivity index is 1.43. The summed E-state index contributed by atoms with van der Waals surface area (Å²) >= 11 is 0. The van der Waals surface area contributed by atoms with E-state index in [1.54, 1.807) is 60.7 Å². The molecule has 1 aliphatic carbocycles. The van der Waals surface area contributed by atoms with Gasteiger partial charge in [-0.1, -0.05) is 48.5 Å². The summed E-state index contributed by atoms with van der Waals surface area (Å²) < 4.78 is 57.4. The first kappa shape index (κ1) is 23.1. The molecule has 0 bridgehead atoms. The number of rotatable bonds is 6. The summed E-state index contributed by atoms with van der Waals surface area (Å²) in [6.45, 7) is 3.69. The topological polar surface area (TPSA) is 92.3 Å². The van der Waals surface area contributed by atoms with Crippen molar-refractivity contribution in [1.82, 2.24) is 0 Å². The minimum Gasteiger partial charge on any atom is -0.279 e. The van der Waals surface area contributed by atoms with Gasteiger partial charge in [-0.2, -0.15) is 0 Å². The normalized spacial score (nSPS) is 12.6. The molecule has 178 valence electrons. The molecule has 0 atom stereocenters. The van der Waals surface area contributed by atoms with Gasteiger partial charge >= 0.3 is 0 Å². The third-order valence-electron chi connectivity index (χ3n) is 6.22. The second kappa shape index (κ2) is 8.55. The fourth-order valence-corrected chi connectivity index (χ4v) is 6.64. The summed E-state index contributed by atoms with van der Waals surface area (Å²) in [5, 5.41) is 0. The molecule has 4 aromatic rings. The maximum absolute atomic E-state index is 13.0. The van der Waals surface area contributed by atoms with Gasteiger partial charge in [0.2, 0.25) is 0 Å². The molecule has 0 amide bonds. The van der Waals surface area contributed by atoms with E-state index in [1.807, 2.05) is 38.1 Å². The molecule has 4 aromatic carbocycles. The minimum absolute atomic E-state index is 0.168. The van der Waals surface area contributed by atoms with E-state index in [0.29, 0.717) is 17.8 Å². The Kier molecular flexibility index (Phi) is 5.65. The molecule has 0 aliphatic heterocycles. The number of hydrogen-bond donors (Lipinski definition) is 2. The number of fused-ring (bicyclic) bond motifs is 3. The fraction of sp³-hybridized carbons (Fsp3) is 0.111. The van der Waals surface area contributed by atoms with E-state index in [-0.39, 0.29) is 9.79 Å². The predicted octanol–water partition coefficient (Wildman–Crippen LogP) is 5.48. The fourth-order valence-electron chi connectivity index (χ4n) is 4.28. The van der Waals surface area contributed by atoms with E-state index in [0.717, 1.165) is 33.4 Å². The van der Waals surface area contributed by atoms with Gasteiger partial charge < -0.3 is 0 Å². The summed E-state index contributed by atoms with van der Waals surface area (Å²) in [5.41, 5.74) is 6.23. The summed E-state index contributed by atoms with van der Waals surface area (Å²) in [6, 6.07) is 24.5. The van der Waals surface area contributed by atoms with Gasteiger partial charge in [-0.15, -0.1) is 0 Å². The number of benzene rings is 4. The molecule has 0 spiro atoms. The quantitative estimate of drug-likeness (QED) is 0.320. The Labute approximate surface area is 205 Å². The van der Waals surface area contributed by atoms with E-state index in [2.05, 4.69) is 9.44 Å². The average Bonchev–Trinajstić information content (AvgIpc) is 3.19. The smallest absolute Gasteiger partial charge is 0.261 e.